The maximum Gasteiger partial charge on any atom is 0.135 e. The predicted molar refractivity (Wildman–Crippen MR) is 75.9 cm³/mol. The van der Waals surface area contributed by atoms with Gasteiger partial charge in [-0.3, -0.25) is 0 Å². The lowest BCUT2D eigenvalue weighted by Gasteiger charge is -2.32. The predicted octanol–water partition coefficient (Wildman–Crippen LogP) is 3.01. The minimum Gasteiger partial charge on any atom is -0.378 e. The van der Waals surface area contributed by atoms with E-state index in [1.165, 1.54) is 12.8 Å². The molecule has 0 atom stereocenters. The van der Waals surface area contributed by atoms with Crippen molar-refractivity contribution in [2.75, 3.05) is 24.6 Å². The van der Waals surface area contributed by atoms with Gasteiger partial charge in [0.1, 0.15) is 16.8 Å². The fourth-order valence-corrected chi connectivity index (χ4v) is 2.78. The summed E-state index contributed by atoms with van der Waals surface area (Å²) in [5.74, 6) is 2.45. The molecule has 2 aliphatic rings. The Labute approximate surface area is 119 Å². The molecule has 3 rings (SSSR count). The molecule has 0 N–H and O–H groups in total. The molecule has 0 aromatic carbocycles. The highest BCUT2D eigenvalue weighted by atomic mass is 35.5. The van der Waals surface area contributed by atoms with E-state index in [0.29, 0.717) is 17.2 Å². The third kappa shape index (κ3) is 3.18. The van der Waals surface area contributed by atoms with Gasteiger partial charge in [-0.05, 0) is 32.6 Å². The lowest BCUT2D eigenvalue weighted by atomic mass is 10.1. The van der Waals surface area contributed by atoms with E-state index in [1.807, 2.05) is 6.07 Å². The molecular weight excluding hydrogens is 262 g/mol. The minimum absolute atomic E-state index is 0.404. The molecule has 104 valence electrons. The molecular formula is C14H20ClN3O. The molecule has 0 unspecified atom stereocenters. The molecule has 0 spiro atoms. The van der Waals surface area contributed by atoms with Gasteiger partial charge in [-0.1, -0.05) is 11.6 Å². The molecule has 2 heterocycles. The normalized spacial score (nSPS) is 20.8. The zero-order chi connectivity index (χ0) is 13.2. The van der Waals surface area contributed by atoms with Crippen molar-refractivity contribution in [1.29, 1.82) is 0 Å². The fourth-order valence-electron chi connectivity index (χ4n) is 2.60. The topological polar surface area (TPSA) is 38.2 Å². The Kier molecular flexibility index (Phi) is 3.89. The quantitative estimate of drug-likeness (QED) is 0.795. The summed E-state index contributed by atoms with van der Waals surface area (Å²) in [5.41, 5.74) is 0. The number of ether oxygens (including phenoxy) is 1. The number of halogens is 1. The first-order chi connectivity index (χ1) is 9.26. The highest BCUT2D eigenvalue weighted by Crippen LogP contribution is 2.39. The zero-order valence-electron chi connectivity index (χ0n) is 11.3. The molecule has 1 saturated heterocycles. The molecule has 1 saturated carbocycles. The molecule has 19 heavy (non-hydrogen) atoms. The summed E-state index contributed by atoms with van der Waals surface area (Å²) in [6.45, 7) is 4.83. The smallest absolute Gasteiger partial charge is 0.135 e. The maximum absolute atomic E-state index is 6.12. The minimum atomic E-state index is 0.404. The molecule has 1 aromatic heterocycles. The van der Waals surface area contributed by atoms with Crippen LogP contribution in [0.2, 0.25) is 5.15 Å². The van der Waals surface area contributed by atoms with Crippen LogP contribution in [0.25, 0.3) is 0 Å². The van der Waals surface area contributed by atoms with Gasteiger partial charge in [-0.2, -0.15) is 0 Å². The first kappa shape index (κ1) is 13.1. The molecule has 2 fully saturated rings. The SMILES string of the molecule is CCOC1CCN(c2cc(Cl)nc(C3CC3)n2)CC1. The number of piperidine rings is 1. The maximum atomic E-state index is 6.12. The van der Waals surface area contributed by atoms with Crippen LogP contribution >= 0.6 is 11.6 Å². The largest absolute Gasteiger partial charge is 0.378 e. The summed E-state index contributed by atoms with van der Waals surface area (Å²) in [5, 5.41) is 0.568. The Morgan fingerprint density at radius 1 is 1.26 bits per heavy atom. The number of hydrogen-bond acceptors (Lipinski definition) is 4. The molecule has 4 nitrogen and oxygen atoms in total. The van der Waals surface area contributed by atoms with Crippen molar-refractivity contribution in [3.8, 4) is 0 Å². The van der Waals surface area contributed by atoms with Crippen molar-refractivity contribution >= 4 is 17.4 Å². The van der Waals surface area contributed by atoms with Crippen LogP contribution in [0, 0.1) is 0 Å². The van der Waals surface area contributed by atoms with Crippen LogP contribution in [0.4, 0.5) is 5.82 Å². The van der Waals surface area contributed by atoms with E-state index in [2.05, 4.69) is 21.8 Å². The lowest BCUT2D eigenvalue weighted by Crippen LogP contribution is -2.37. The zero-order valence-corrected chi connectivity index (χ0v) is 12.1. The van der Waals surface area contributed by atoms with Crippen molar-refractivity contribution in [2.24, 2.45) is 0 Å². The van der Waals surface area contributed by atoms with Gasteiger partial charge in [0.25, 0.3) is 0 Å². The van der Waals surface area contributed by atoms with Gasteiger partial charge in [0.05, 0.1) is 6.10 Å². The van der Waals surface area contributed by atoms with Crippen LogP contribution in [0.3, 0.4) is 0 Å². The Bertz CT molecular complexity index is 442. The summed E-state index contributed by atoms with van der Waals surface area (Å²) in [4.78, 5) is 11.3. The van der Waals surface area contributed by atoms with E-state index < -0.39 is 0 Å². The summed E-state index contributed by atoms with van der Waals surface area (Å²) in [6, 6.07) is 1.88. The van der Waals surface area contributed by atoms with Crippen LogP contribution in [0.15, 0.2) is 6.07 Å². The Hall–Kier alpha value is -0.870. The average molecular weight is 282 g/mol. The second-order valence-electron chi connectivity index (χ2n) is 5.32. The number of aromatic nitrogens is 2. The van der Waals surface area contributed by atoms with Crippen LogP contribution < -0.4 is 4.90 Å². The number of hydrogen-bond donors (Lipinski definition) is 0. The second-order valence-corrected chi connectivity index (χ2v) is 5.71. The second kappa shape index (κ2) is 5.63. The summed E-state index contributed by atoms with van der Waals surface area (Å²) >= 11 is 6.12. The average Bonchev–Trinajstić information content (AvgIpc) is 3.23. The van der Waals surface area contributed by atoms with Crippen LogP contribution in [0.5, 0.6) is 0 Å². The third-order valence-corrected chi connectivity index (χ3v) is 4.00. The van der Waals surface area contributed by atoms with E-state index in [-0.39, 0.29) is 0 Å². The van der Waals surface area contributed by atoms with Crippen molar-refractivity contribution in [2.45, 2.75) is 44.6 Å². The molecule has 0 bridgehead atoms. The van der Waals surface area contributed by atoms with Gasteiger partial charge in [0.15, 0.2) is 0 Å². The highest BCUT2D eigenvalue weighted by molar-refractivity contribution is 6.29. The summed E-state index contributed by atoms with van der Waals surface area (Å²) in [6.07, 6.45) is 4.93. The van der Waals surface area contributed by atoms with E-state index in [1.54, 1.807) is 0 Å². The van der Waals surface area contributed by atoms with E-state index in [4.69, 9.17) is 16.3 Å². The Morgan fingerprint density at radius 2 is 2.00 bits per heavy atom. The number of nitrogens with zero attached hydrogens (tertiary/aromatic N) is 3. The third-order valence-electron chi connectivity index (χ3n) is 3.81. The molecule has 0 radical (unpaired) electrons. The van der Waals surface area contributed by atoms with E-state index in [0.717, 1.165) is 44.2 Å². The van der Waals surface area contributed by atoms with Gasteiger partial charge in [0.2, 0.25) is 0 Å². The Balaban J connectivity index is 1.69. The molecule has 1 aromatic rings. The highest BCUT2D eigenvalue weighted by Gasteiger charge is 2.28. The van der Waals surface area contributed by atoms with Gasteiger partial charge < -0.3 is 9.64 Å². The first-order valence-corrected chi connectivity index (χ1v) is 7.55. The van der Waals surface area contributed by atoms with Gasteiger partial charge in [-0.15, -0.1) is 0 Å². The molecule has 0 amide bonds. The number of anilines is 1. The van der Waals surface area contributed by atoms with Crippen LogP contribution in [-0.2, 0) is 4.74 Å². The van der Waals surface area contributed by atoms with Crippen molar-refractivity contribution in [3.05, 3.63) is 17.0 Å². The van der Waals surface area contributed by atoms with Crippen molar-refractivity contribution in [3.63, 3.8) is 0 Å². The summed E-state index contributed by atoms with van der Waals surface area (Å²) in [7, 11) is 0. The first-order valence-electron chi connectivity index (χ1n) is 7.17. The summed E-state index contributed by atoms with van der Waals surface area (Å²) < 4.78 is 5.68. The van der Waals surface area contributed by atoms with Gasteiger partial charge in [0, 0.05) is 31.7 Å². The van der Waals surface area contributed by atoms with E-state index >= 15 is 0 Å². The van der Waals surface area contributed by atoms with Gasteiger partial charge in [-0.25, -0.2) is 9.97 Å². The monoisotopic (exact) mass is 281 g/mol. The van der Waals surface area contributed by atoms with Crippen molar-refractivity contribution in [1.82, 2.24) is 9.97 Å². The van der Waals surface area contributed by atoms with Crippen LogP contribution in [-0.4, -0.2) is 35.8 Å². The molecule has 5 heteroatoms. The van der Waals surface area contributed by atoms with Gasteiger partial charge >= 0.3 is 0 Å². The lowest BCUT2D eigenvalue weighted by molar-refractivity contribution is 0.0458. The fraction of sp³-hybridized carbons (Fsp3) is 0.714. The number of rotatable bonds is 4. The van der Waals surface area contributed by atoms with Crippen LogP contribution in [0.1, 0.15) is 44.3 Å². The molecule has 1 aliphatic carbocycles. The van der Waals surface area contributed by atoms with E-state index in [9.17, 15) is 0 Å². The Morgan fingerprint density at radius 3 is 2.63 bits per heavy atom. The molecule has 1 aliphatic heterocycles. The van der Waals surface area contributed by atoms with Crippen molar-refractivity contribution < 1.29 is 4.74 Å². The standard InChI is InChI=1S/C14H20ClN3O/c1-2-19-11-5-7-18(8-6-11)13-9-12(15)16-14(17-13)10-3-4-10/h9-11H,2-8H2,1H3.